The van der Waals surface area contributed by atoms with Gasteiger partial charge >= 0.3 is 0 Å². The molecule has 64 valence electrons. The van der Waals surface area contributed by atoms with Crippen LogP contribution < -0.4 is 0 Å². The Morgan fingerprint density at radius 1 is 0.929 bits per heavy atom. The van der Waals surface area contributed by atoms with Gasteiger partial charge in [0.25, 0.3) is 0 Å². The molecule has 0 fully saturated rings. The fourth-order valence-electron chi connectivity index (χ4n) is 1.44. The first-order chi connectivity index (χ1) is 6.85. The Balaban J connectivity index is 2.86. The summed E-state index contributed by atoms with van der Waals surface area (Å²) in [6.07, 6.45) is 0. The molecule has 0 aromatic heterocycles. The van der Waals surface area contributed by atoms with Crippen molar-refractivity contribution in [2.24, 2.45) is 0 Å². The Labute approximate surface area is 81.6 Å². The monoisotopic (exact) mass is 178 g/mol. The van der Waals surface area contributed by atoms with E-state index in [1.165, 1.54) is 0 Å². The van der Waals surface area contributed by atoms with Gasteiger partial charge in [0.15, 0.2) is 0 Å². The van der Waals surface area contributed by atoms with E-state index < -0.39 is 0 Å². The first kappa shape index (κ1) is 8.29. The average molecular weight is 178 g/mol. The molecule has 0 aliphatic rings. The maximum absolute atomic E-state index is 8.87. The van der Waals surface area contributed by atoms with Crippen molar-refractivity contribution in [3.8, 4) is 12.1 Å². The fourth-order valence-corrected chi connectivity index (χ4v) is 1.44. The van der Waals surface area contributed by atoms with E-state index in [1.807, 2.05) is 18.2 Å². The van der Waals surface area contributed by atoms with Gasteiger partial charge in [-0.1, -0.05) is 18.2 Å². The number of fused-ring (bicyclic) bond motifs is 1. The summed E-state index contributed by atoms with van der Waals surface area (Å²) < 4.78 is 0. The van der Waals surface area contributed by atoms with Crippen LogP contribution in [0.1, 0.15) is 11.1 Å². The minimum atomic E-state index is 0.584. The molecule has 0 amide bonds. The third kappa shape index (κ3) is 1.20. The van der Waals surface area contributed by atoms with Gasteiger partial charge < -0.3 is 0 Å². The Morgan fingerprint density at radius 2 is 1.79 bits per heavy atom. The fraction of sp³-hybridized carbons (Fsp3) is 0. The van der Waals surface area contributed by atoms with Gasteiger partial charge in [-0.25, -0.2) is 0 Å². The third-order valence-corrected chi connectivity index (χ3v) is 2.13. The molecule has 0 saturated heterocycles. The highest BCUT2D eigenvalue weighted by atomic mass is 14.2. The molecule has 0 aliphatic heterocycles. The molecule has 0 atom stereocenters. The van der Waals surface area contributed by atoms with Crippen molar-refractivity contribution in [3.63, 3.8) is 0 Å². The number of nitrogens with zero attached hydrogens (tertiary/aromatic N) is 2. The van der Waals surface area contributed by atoms with Crippen LogP contribution in [0, 0.1) is 22.7 Å². The van der Waals surface area contributed by atoms with Crippen LogP contribution in [0.5, 0.6) is 0 Å². The third-order valence-electron chi connectivity index (χ3n) is 2.13. The van der Waals surface area contributed by atoms with Gasteiger partial charge in [0.2, 0.25) is 0 Å². The van der Waals surface area contributed by atoms with E-state index in [4.69, 9.17) is 10.5 Å². The molecule has 14 heavy (non-hydrogen) atoms. The summed E-state index contributed by atoms with van der Waals surface area (Å²) in [6.45, 7) is 0. The minimum absolute atomic E-state index is 0.584. The summed E-state index contributed by atoms with van der Waals surface area (Å²) in [6, 6.07) is 15.0. The lowest BCUT2D eigenvalue weighted by molar-refractivity contribution is 1.48. The van der Waals surface area contributed by atoms with Gasteiger partial charge in [0.1, 0.15) is 0 Å². The number of rotatable bonds is 0. The molecule has 2 nitrogen and oxygen atoms in total. The second-order valence-electron chi connectivity index (χ2n) is 2.97. The van der Waals surface area contributed by atoms with Gasteiger partial charge in [-0.15, -0.1) is 0 Å². The molecule has 0 bridgehead atoms. The van der Waals surface area contributed by atoms with Crippen molar-refractivity contribution in [1.82, 2.24) is 0 Å². The average Bonchev–Trinajstić information content (AvgIpc) is 2.27. The standard InChI is InChI=1S/C12H6N2/c13-7-9-4-5-10-2-1-3-11(8-14)12(10)6-9/h1-6H. The second-order valence-corrected chi connectivity index (χ2v) is 2.97. The van der Waals surface area contributed by atoms with Gasteiger partial charge in [0, 0.05) is 5.39 Å². The smallest absolute Gasteiger partial charge is 0.0998 e. The first-order valence-electron chi connectivity index (χ1n) is 4.18. The van der Waals surface area contributed by atoms with E-state index in [2.05, 4.69) is 12.1 Å². The Bertz CT molecular complexity index is 571. The Kier molecular flexibility index (Phi) is 1.89. The van der Waals surface area contributed by atoms with E-state index in [0.29, 0.717) is 11.1 Å². The maximum atomic E-state index is 8.87. The van der Waals surface area contributed by atoms with Crippen LogP contribution in [-0.4, -0.2) is 0 Å². The van der Waals surface area contributed by atoms with E-state index in [1.54, 1.807) is 18.2 Å². The lowest BCUT2D eigenvalue weighted by Gasteiger charge is -1.99. The Hall–Kier alpha value is -2.32. The molecule has 0 N–H and O–H groups in total. The molecule has 0 radical (unpaired) electrons. The van der Waals surface area contributed by atoms with Gasteiger partial charge in [0.05, 0.1) is 23.3 Å². The minimum Gasteiger partial charge on any atom is -0.192 e. The van der Waals surface area contributed by atoms with Crippen molar-refractivity contribution < 1.29 is 0 Å². The molecule has 2 rings (SSSR count). The molecule has 2 aromatic carbocycles. The van der Waals surface area contributed by atoms with Crippen LogP contribution in [-0.2, 0) is 0 Å². The predicted molar refractivity (Wildman–Crippen MR) is 53.4 cm³/mol. The first-order valence-corrected chi connectivity index (χ1v) is 4.18. The van der Waals surface area contributed by atoms with E-state index in [-0.39, 0.29) is 0 Å². The van der Waals surface area contributed by atoms with Crippen molar-refractivity contribution in [3.05, 3.63) is 47.5 Å². The molecule has 0 saturated carbocycles. The lowest BCUT2D eigenvalue weighted by Crippen LogP contribution is -1.81. The molecule has 0 unspecified atom stereocenters. The number of hydrogen-bond acceptors (Lipinski definition) is 2. The van der Waals surface area contributed by atoms with E-state index in [9.17, 15) is 0 Å². The number of nitriles is 2. The summed E-state index contributed by atoms with van der Waals surface area (Å²) in [4.78, 5) is 0. The van der Waals surface area contributed by atoms with Gasteiger partial charge in [-0.3, -0.25) is 0 Å². The quantitative estimate of drug-likeness (QED) is 0.622. The second kappa shape index (κ2) is 3.20. The van der Waals surface area contributed by atoms with Gasteiger partial charge in [-0.05, 0) is 23.6 Å². The van der Waals surface area contributed by atoms with Crippen molar-refractivity contribution in [1.29, 1.82) is 10.5 Å². The normalized spacial score (nSPS) is 9.29. The highest BCUT2D eigenvalue weighted by Gasteiger charge is 2.00. The summed E-state index contributed by atoms with van der Waals surface area (Å²) in [5.74, 6) is 0. The lowest BCUT2D eigenvalue weighted by atomic mass is 10.0. The zero-order valence-corrected chi connectivity index (χ0v) is 7.36. The maximum Gasteiger partial charge on any atom is 0.0998 e. The molecular weight excluding hydrogens is 172 g/mol. The van der Waals surface area contributed by atoms with Crippen molar-refractivity contribution >= 4 is 10.8 Å². The van der Waals surface area contributed by atoms with Crippen LogP contribution in [0.3, 0.4) is 0 Å². The van der Waals surface area contributed by atoms with Crippen LogP contribution in [0.15, 0.2) is 36.4 Å². The SMILES string of the molecule is N#Cc1ccc2cccc(C#N)c2c1. The molecule has 0 spiro atoms. The van der Waals surface area contributed by atoms with Crippen LogP contribution >= 0.6 is 0 Å². The highest BCUT2D eigenvalue weighted by Crippen LogP contribution is 2.19. The Morgan fingerprint density at radius 3 is 2.50 bits per heavy atom. The van der Waals surface area contributed by atoms with Crippen LogP contribution in [0.2, 0.25) is 0 Å². The van der Waals surface area contributed by atoms with E-state index in [0.717, 1.165) is 10.8 Å². The molecule has 0 aliphatic carbocycles. The van der Waals surface area contributed by atoms with Crippen LogP contribution in [0.4, 0.5) is 0 Å². The highest BCUT2D eigenvalue weighted by molar-refractivity contribution is 5.88. The summed E-state index contributed by atoms with van der Waals surface area (Å²) in [5.41, 5.74) is 1.19. The zero-order valence-electron chi connectivity index (χ0n) is 7.36. The predicted octanol–water partition coefficient (Wildman–Crippen LogP) is 2.58. The summed E-state index contributed by atoms with van der Waals surface area (Å²) >= 11 is 0. The molecule has 0 heterocycles. The number of benzene rings is 2. The van der Waals surface area contributed by atoms with Crippen LogP contribution in [0.25, 0.3) is 10.8 Å². The summed E-state index contributed by atoms with van der Waals surface area (Å²) in [5, 5.41) is 19.4. The summed E-state index contributed by atoms with van der Waals surface area (Å²) in [7, 11) is 0. The topological polar surface area (TPSA) is 47.6 Å². The molecule has 2 aromatic rings. The van der Waals surface area contributed by atoms with Crippen molar-refractivity contribution in [2.75, 3.05) is 0 Å². The van der Waals surface area contributed by atoms with Crippen molar-refractivity contribution in [2.45, 2.75) is 0 Å². The largest absolute Gasteiger partial charge is 0.192 e. The molecular formula is C12H6N2. The number of hydrogen-bond donors (Lipinski definition) is 0. The molecule has 2 heteroatoms. The van der Waals surface area contributed by atoms with E-state index >= 15 is 0 Å². The zero-order chi connectivity index (χ0) is 9.97. The van der Waals surface area contributed by atoms with Gasteiger partial charge in [-0.2, -0.15) is 10.5 Å².